The summed E-state index contributed by atoms with van der Waals surface area (Å²) in [7, 11) is 0. The highest BCUT2D eigenvalue weighted by Crippen LogP contribution is 2.34. The number of primary amides is 1. The van der Waals surface area contributed by atoms with Gasteiger partial charge in [-0.3, -0.25) is 9.59 Å². The lowest BCUT2D eigenvalue weighted by Gasteiger charge is -2.23. The normalized spacial score (nSPS) is 14.1. The van der Waals surface area contributed by atoms with Gasteiger partial charge >= 0.3 is 5.97 Å². The second-order valence-electron chi connectivity index (χ2n) is 9.02. The standard InChI is InChI=1S/C28H28N4O4/c1-4-36-27(35)17-10-12-19-22(14-17)32-24(25(19)33)23(16-8-6-5-7-9-16)31-18-11-13-21(28(2,3)30)20(15-18)26(29)34/h5-15,31-32H,4,30H2,1-3H3,(H2,29,34). The molecule has 0 fully saturated rings. The molecular weight excluding hydrogens is 456 g/mol. The Bertz CT molecular complexity index is 1390. The van der Waals surface area contributed by atoms with Crippen molar-refractivity contribution in [3.05, 3.63) is 100 Å². The zero-order chi connectivity index (χ0) is 26.0. The number of hydrogen-bond donors (Lipinski definition) is 4. The average molecular weight is 485 g/mol. The van der Waals surface area contributed by atoms with Crippen LogP contribution in [0.4, 0.5) is 11.4 Å². The van der Waals surface area contributed by atoms with Crippen LogP contribution in [0.2, 0.25) is 0 Å². The molecule has 3 aromatic rings. The Hall–Kier alpha value is -4.43. The molecule has 3 aromatic carbocycles. The molecule has 0 radical (unpaired) electrons. The fraction of sp³-hybridized carbons (Fsp3) is 0.179. The van der Waals surface area contributed by atoms with E-state index in [4.69, 9.17) is 16.2 Å². The van der Waals surface area contributed by atoms with E-state index in [0.29, 0.717) is 39.5 Å². The van der Waals surface area contributed by atoms with Gasteiger partial charge in [0.1, 0.15) is 5.70 Å². The smallest absolute Gasteiger partial charge is 0.338 e. The summed E-state index contributed by atoms with van der Waals surface area (Å²) in [5.41, 5.74) is 15.4. The Morgan fingerprint density at radius 3 is 2.36 bits per heavy atom. The number of carbonyl (C=O) groups is 3. The van der Waals surface area contributed by atoms with Gasteiger partial charge in [-0.15, -0.1) is 0 Å². The van der Waals surface area contributed by atoms with Gasteiger partial charge in [0.05, 0.1) is 23.6 Å². The van der Waals surface area contributed by atoms with E-state index >= 15 is 0 Å². The molecule has 0 saturated heterocycles. The number of amides is 1. The van der Waals surface area contributed by atoms with Crippen LogP contribution >= 0.6 is 0 Å². The van der Waals surface area contributed by atoms with Crippen molar-refractivity contribution in [2.75, 3.05) is 17.2 Å². The molecule has 0 atom stereocenters. The average Bonchev–Trinajstić information content (AvgIpc) is 3.17. The van der Waals surface area contributed by atoms with Crippen LogP contribution in [0, 0.1) is 0 Å². The first-order valence-corrected chi connectivity index (χ1v) is 11.5. The van der Waals surface area contributed by atoms with Crippen LogP contribution in [0.5, 0.6) is 0 Å². The predicted octanol–water partition coefficient (Wildman–Crippen LogP) is 4.25. The number of carbonyl (C=O) groups excluding carboxylic acids is 3. The molecule has 8 heteroatoms. The molecular formula is C28H28N4O4. The quantitative estimate of drug-likeness (QED) is 0.291. The van der Waals surface area contributed by atoms with Crippen molar-refractivity contribution in [3.8, 4) is 0 Å². The van der Waals surface area contributed by atoms with Gasteiger partial charge in [0, 0.05) is 27.9 Å². The molecule has 8 nitrogen and oxygen atoms in total. The Kier molecular flexibility index (Phi) is 6.63. The minimum absolute atomic E-state index is 0.235. The third kappa shape index (κ3) is 4.85. The Morgan fingerprint density at radius 1 is 1.00 bits per heavy atom. The number of rotatable bonds is 7. The molecule has 1 amide bonds. The summed E-state index contributed by atoms with van der Waals surface area (Å²) in [6.45, 7) is 5.57. The maximum Gasteiger partial charge on any atom is 0.338 e. The monoisotopic (exact) mass is 484 g/mol. The van der Waals surface area contributed by atoms with Crippen LogP contribution in [0.25, 0.3) is 5.70 Å². The van der Waals surface area contributed by atoms with Crippen LogP contribution in [-0.2, 0) is 10.3 Å². The van der Waals surface area contributed by atoms with Gasteiger partial charge in [-0.05, 0) is 56.7 Å². The van der Waals surface area contributed by atoms with Crippen molar-refractivity contribution in [2.24, 2.45) is 11.5 Å². The molecule has 1 aliphatic heterocycles. The van der Waals surface area contributed by atoms with Crippen LogP contribution in [0.1, 0.15) is 63.0 Å². The molecule has 1 aliphatic rings. The van der Waals surface area contributed by atoms with Gasteiger partial charge in [0.15, 0.2) is 0 Å². The molecule has 0 spiro atoms. The molecule has 0 saturated carbocycles. The number of benzene rings is 3. The predicted molar refractivity (Wildman–Crippen MR) is 140 cm³/mol. The van der Waals surface area contributed by atoms with Gasteiger partial charge in [0.25, 0.3) is 0 Å². The number of anilines is 2. The molecule has 1 heterocycles. The largest absolute Gasteiger partial charge is 0.462 e. The number of fused-ring (bicyclic) bond motifs is 1. The summed E-state index contributed by atoms with van der Waals surface area (Å²) in [5.74, 6) is -1.30. The van der Waals surface area contributed by atoms with Crippen molar-refractivity contribution >= 4 is 34.7 Å². The highest BCUT2D eigenvalue weighted by Gasteiger charge is 2.30. The molecule has 36 heavy (non-hydrogen) atoms. The second-order valence-corrected chi connectivity index (χ2v) is 9.02. The Morgan fingerprint density at radius 2 is 1.72 bits per heavy atom. The number of ether oxygens (including phenoxy) is 1. The minimum Gasteiger partial charge on any atom is -0.462 e. The lowest BCUT2D eigenvalue weighted by Crippen LogP contribution is -2.32. The van der Waals surface area contributed by atoms with Crippen LogP contribution in [-0.4, -0.2) is 24.3 Å². The maximum absolute atomic E-state index is 13.4. The molecule has 184 valence electrons. The first-order chi connectivity index (χ1) is 17.1. The van der Waals surface area contributed by atoms with Crippen molar-refractivity contribution in [2.45, 2.75) is 26.3 Å². The Labute approximate surface area is 209 Å². The van der Waals surface area contributed by atoms with Gasteiger partial charge < -0.3 is 26.8 Å². The highest BCUT2D eigenvalue weighted by atomic mass is 16.5. The van der Waals surface area contributed by atoms with Crippen LogP contribution < -0.4 is 22.1 Å². The lowest BCUT2D eigenvalue weighted by molar-refractivity contribution is 0.0526. The van der Waals surface area contributed by atoms with Crippen molar-refractivity contribution < 1.29 is 19.1 Å². The zero-order valence-electron chi connectivity index (χ0n) is 20.3. The topological polar surface area (TPSA) is 137 Å². The van der Waals surface area contributed by atoms with E-state index in [1.54, 1.807) is 57.2 Å². The fourth-order valence-electron chi connectivity index (χ4n) is 4.11. The summed E-state index contributed by atoms with van der Waals surface area (Å²) in [6.07, 6.45) is 0. The van der Waals surface area contributed by atoms with E-state index in [1.165, 1.54) is 0 Å². The third-order valence-corrected chi connectivity index (χ3v) is 5.82. The Balaban J connectivity index is 1.79. The number of nitrogens with two attached hydrogens (primary N) is 2. The molecule has 0 aromatic heterocycles. The van der Waals surface area contributed by atoms with E-state index in [2.05, 4.69) is 10.6 Å². The van der Waals surface area contributed by atoms with Gasteiger partial charge in [-0.2, -0.15) is 0 Å². The van der Waals surface area contributed by atoms with E-state index < -0.39 is 17.4 Å². The minimum atomic E-state index is -0.773. The van der Waals surface area contributed by atoms with Crippen molar-refractivity contribution in [1.82, 2.24) is 0 Å². The third-order valence-electron chi connectivity index (χ3n) is 5.82. The number of Topliss-reactive ketones (excluding diaryl/α,β-unsaturated/α-hetero) is 1. The summed E-state index contributed by atoms with van der Waals surface area (Å²) < 4.78 is 5.08. The lowest BCUT2D eigenvalue weighted by atomic mass is 9.90. The summed E-state index contributed by atoms with van der Waals surface area (Å²) >= 11 is 0. The van der Waals surface area contributed by atoms with Gasteiger partial charge in [0.2, 0.25) is 11.7 Å². The molecule has 0 bridgehead atoms. The van der Waals surface area contributed by atoms with Crippen LogP contribution in [0.3, 0.4) is 0 Å². The number of esters is 1. The maximum atomic E-state index is 13.4. The molecule has 4 rings (SSSR count). The summed E-state index contributed by atoms with van der Waals surface area (Å²) in [6, 6.07) is 19.3. The van der Waals surface area contributed by atoms with Crippen molar-refractivity contribution in [1.29, 1.82) is 0 Å². The first-order valence-electron chi connectivity index (χ1n) is 11.5. The number of hydrogen-bond acceptors (Lipinski definition) is 7. The number of ketones is 1. The van der Waals surface area contributed by atoms with Gasteiger partial charge in [-0.25, -0.2) is 4.79 Å². The first kappa shape index (κ1) is 24.7. The summed E-state index contributed by atoms with van der Waals surface area (Å²) in [4.78, 5) is 37.8. The molecule has 0 aliphatic carbocycles. The van der Waals surface area contributed by atoms with E-state index in [0.717, 1.165) is 5.56 Å². The van der Waals surface area contributed by atoms with E-state index in [1.807, 2.05) is 30.3 Å². The van der Waals surface area contributed by atoms with Crippen molar-refractivity contribution in [3.63, 3.8) is 0 Å². The number of nitrogens with one attached hydrogen (secondary N) is 2. The molecule has 6 N–H and O–H groups in total. The number of allylic oxidation sites excluding steroid dienone is 1. The summed E-state index contributed by atoms with van der Waals surface area (Å²) in [5, 5.41) is 6.45. The van der Waals surface area contributed by atoms with Crippen LogP contribution in [0.15, 0.2) is 72.4 Å². The zero-order valence-corrected chi connectivity index (χ0v) is 20.3. The van der Waals surface area contributed by atoms with E-state index in [-0.39, 0.29) is 18.0 Å². The fourth-order valence-corrected chi connectivity index (χ4v) is 4.11. The highest BCUT2D eigenvalue weighted by molar-refractivity contribution is 6.23. The molecule has 0 unspecified atom stereocenters. The van der Waals surface area contributed by atoms with E-state index in [9.17, 15) is 14.4 Å². The SMILES string of the molecule is CCOC(=O)c1ccc2c(c1)NC(=C(Nc1ccc(C(C)(C)N)c(C(N)=O)c1)c1ccccc1)C2=O. The second kappa shape index (κ2) is 9.67. The van der Waals surface area contributed by atoms with Gasteiger partial charge in [-0.1, -0.05) is 36.4 Å².